The number of pyridine rings is 1. The van der Waals surface area contributed by atoms with Gasteiger partial charge in [0.05, 0.1) is 17.6 Å². The minimum atomic E-state index is -0.142. The molecule has 1 aromatic carbocycles. The molecule has 0 radical (unpaired) electrons. The van der Waals surface area contributed by atoms with Crippen LogP contribution in [0.1, 0.15) is 22.4 Å². The van der Waals surface area contributed by atoms with E-state index in [9.17, 15) is 4.39 Å². The highest BCUT2D eigenvalue weighted by Crippen LogP contribution is 2.16. The summed E-state index contributed by atoms with van der Waals surface area (Å²) in [6, 6.07) is 7.31. The summed E-state index contributed by atoms with van der Waals surface area (Å²) in [5, 5.41) is 3.23. The molecular weight excluding hydrogens is 273 g/mol. The smallest absolute Gasteiger partial charge is 0.129 e. The van der Waals surface area contributed by atoms with Gasteiger partial charge < -0.3 is 11.1 Å². The summed E-state index contributed by atoms with van der Waals surface area (Å²) in [4.78, 5) is 4.43. The zero-order valence-corrected chi connectivity index (χ0v) is 12.2. The lowest BCUT2D eigenvalue weighted by Gasteiger charge is -2.09. The molecule has 0 saturated carbocycles. The maximum absolute atomic E-state index is 13.5. The van der Waals surface area contributed by atoms with Crippen molar-refractivity contribution in [3.8, 4) is 0 Å². The van der Waals surface area contributed by atoms with Crippen LogP contribution in [0.15, 0.2) is 30.5 Å². The largest absolute Gasteiger partial charge is 0.388 e. The molecule has 2 rings (SSSR count). The fraction of sp³-hybridized carbons (Fsp3) is 0.200. The van der Waals surface area contributed by atoms with Gasteiger partial charge in [0.2, 0.25) is 0 Å². The van der Waals surface area contributed by atoms with E-state index >= 15 is 0 Å². The first kappa shape index (κ1) is 14.4. The van der Waals surface area contributed by atoms with Crippen LogP contribution in [-0.4, -0.2) is 9.97 Å². The third kappa shape index (κ3) is 3.30. The summed E-state index contributed by atoms with van der Waals surface area (Å²) < 4.78 is 13.5. The summed E-state index contributed by atoms with van der Waals surface area (Å²) in [7, 11) is 0. The Bertz CT molecular complexity index is 615. The summed E-state index contributed by atoms with van der Waals surface area (Å²) in [5.74, 6) is -0.142. The molecule has 0 aliphatic carbocycles. The van der Waals surface area contributed by atoms with Crippen molar-refractivity contribution < 1.29 is 4.39 Å². The number of rotatable bonds is 4. The van der Waals surface area contributed by atoms with Crippen molar-refractivity contribution in [3.05, 3.63) is 58.7 Å². The van der Waals surface area contributed by atoms with Crippen LogP contribution in [0.4, 0.5) is 10.1 Å². The third-order valence-electron chi connectivity index (χ3n) is 3.01. The Morgan fingerprint density at radius 1 is 1.30 bits per heavy atom. The van der Waals surface area contributed by atoms with E-state index in [0.717, 1.165) is 11.3 Å². The van der Waals surface area contributed by atoms with Gasteiger partial charge in [0.25, 0.3) is 0 Å². The molecule has 0 saturated heterocycles. The first-order valence-electron chi connectivity index (χ1n) is 6.22. The van der Waals surface area contributed by atoms with Crippen molar-refractivity contribution in [1.82, 2.24) is 4.98 Å². The maximum atomic E-state index is 13.5. The van der Waals surface area contributed by atoms with Gasteiger partial charge in [0.15, 0.2) is 0 Å². The molecule has 0 unspecified atom stereocenters. The molecule has 5 heteroatoms. The molecule has 3 N–H and O–H groups in total. The van der Waals surface area contributed by atoms with Gasteiger partial charge in [0.1, 0.15) is 10.8 Å². The molecule has 104 valence electrons. The highest BCUT2D eigenvalue weighted by atomic mass is 32.1. The van der Waals surface area contributed by atoms with Crippen molar-refractivity contribution in [2.45, 2.75) is 20.4 Å². The second kappa shape index (κ2) is 5.96. The molecule has 0 fully saturated rings. The SMILES string of the molecule is Cc1cc(CNc2ccc(C(N)=S)nc2)cc(C)c1F. The topological polar surface area (TPSA) is 50.9 Å². The lowest BCUT2D eigenvalue weighted by Crippen LogP contribution is -2.11. The van der Waals surface area contributed by atoms with Gasteiger partial charge in [-0.2, -0.15) is 0 Å². The lowest BCUT2D eigenvalue weighted by atomic mass is 10.1. The van der Waals surface area contributed by atoms with E-state index < -0.39 is 0 Å². The van der Waals surface area contributed by atoms with Crippen LogP contribution in [0, 0.1) is 19.7 Å². The zero-order valence-electron chi connectivity index (χ0n) is 11.4. The van der Waals surface area contributed by atoms with E-state index in [4.69, 9.17) is 18.0 Å². The average Bonchev–Trinajstić information content (AvgIpc) is 2.42. The molecule has 0 amide bonds. The van der Waals surface area contributed by atoms with Gasteiger partial charge in [0, 0.05) is 6.54 Å². The molecule has 1 heterocycles. The molecule has 1 aromatic heterocycles. The van der Waals surface area contributed by atoms with Gasteiger partial charge in [-0.1, -0.05) is 24.4 Å². The number of thiocarbonyl (C=S) groups is 1. The quantitative estimate of drug-likeness (QED) is 0.849. The molecule has 0 atom stereocenters. The fourth-order valence-electron chi connectivity index (χ4n) is 1.99. The number of nitrogens with one attached hydrogen (secondary N) is 1. The molecule has 0 spiro atoms. The zero-order chi connectivity index (χ0) is 14.7. The van der Waals surface area contributed by atoms with Crippen LogP contribution in [0.2, 0.25) is 0 Å². The monoisotopic (exact) mass is 289 g/mol. The molecule has 2 aromatic rings. The minimum Gasteiger partial charge on any atom is -0.388 e. The average molecular weight is 289 g/mol. The fourth-order valence-corrected chi connectivity index (χ4v) is 2.11. The molecular formula is C15H16FN3S. The highest BCUT2D eigenvalue weighted by Gasteiger charge is 2.04. The van der Waals surface area contributed by atoms with Crippen LogP contribution in [0.3, 0.4) is 0 Å². The number of aryl methyl sites for hydroxylation is 2. The van der Waals surface area contributed by atoms with E-state index in [-0.39, 0.29) is 10.8 Å². The molecule has 0 bridgehead atoms. The summed E-state index contributed by atoms with van der Waals surface area (Å²) in [6.07, 6.45) is 1.68. The standard InChI is InChI=1S/C15H16FN3S/c1-9-5-11(6-10(2)14(9)16)7-18-12-3-4-13(15(17)20)19-8-12/h3-6,8,18H,7H2,1-2H3,(H2,17,20). The van der Waals surface area contributed by atoms with Crippen LogP contribution in [-0.2, 0) is 6.54 Å². The van der Waals surface area contributed by atoms with Gasteiger partial charge in [-0.25, -0.2) is 4.39 Å². The van der Waals surface area contributed by atoms with E-state index in [1.165, 1.54) is 0 Å². The van der Waals surface area contributed by atoms with Crippen molar-refractivity contribution in [2.24, 2.45) is 5.73 Å². The lowest BCUT2D eigenvalue weighted by molar-refractivity contribution is 0.608. The number of hydrogen-bond donors (Lipinski definition) is 2. The molecule has 0 aliphatic heterocycles. The number of anilines is 1. The van der Waals surface area contributed by atoms with Gasteiger partial charge in [-0.3, -0.25) is 4.98 Å². The van der Waals surface area contributed by atoms with Gasteiger partial charge in [-0.05, 0) is 42.7 Å². The van der Waals surface area contributed by atoms with Crippen LogP contribution >= 0.6 is 12.2 Å². The highest BCUT2D eigenvalue weighted by molar-refractivity contribution is 7.80. The van der Waals surface area contributed by atoms with E-state index in [1.54, 1.807) is 26.1 Å². The Hall–Kier alpha value is -2.01. The normalized spacial score (nSPS) is 10.3. The number of halogens is 1. The molecule has 0 aliphatic rings. The predicted octanol–water partition coefficient (Wildman–Crippen LogP) is 3.08. The molecule has 20 heavy (non-hydrogen) atoms. The summed E-state index contributed by atoms with van der Waals surface area (Å²) in [6.45, 7) is 4.14. The third-order valence-corrected chi connectivity index (χ3v) is 3.22. The van der Waals surface area contributed by atoms with Crippen LogP contribution in [0.5, 0.6) is 0 Å². The first-order chi connectivity index (χ1) is 9.47. The van der Waals surface area contributed by atoms with E-state index in [1.807, 2.05) is 18.2 Å². The van der Waals surface area contributed by atoms with Crippen molar-refractivity contribution in [1.29, 1.82) is 0 Å². The Morgan fingerprint density at radius 2 is 1.95 bits per heavy atom. The Labute approximate surface area is 123 Å². The summed E-state index contributed by atoms with van der Waals surface area (Å²) >= 11 is 4.85. The minimum absolute atomic E-state index is 0.142. The number of nitrogens with two attached hydrogens (primary N) is 1. The number of aromatic nitrogens is 1. The van der Waals surface area contributed by atoms with Crippen LogP contribution in [0.25, 0.3) is 0 Å². The number of benzene rings is 1. The van der Waals surface area contributed by atoms with Crippen molar-refractivity contribution in [3.63, 3.8) is 0 Å². The molecule has 3 nitrogen and oxygen atoms in total. The maximum Gasteiger partial charge on any atom is 0.129 e. The van der Waals surface area contributed by atoms with Gasteiger partial charge in [-0.15, -0.1) is 0 Å². The van der Waals surface area contributed by atoms with E-state index in [0.29, 0.717) is 23.4 Å². The van der Waals surface area contributed by atoms with E-state index in [2.05, 4.69) is 10.3 Å². The first-order valence-corrected chi connectivity index (χ1v) is 6.63. The van der Waals surface area contributed by atoms with Gasteiger partial charge >= 0.3 is 0 Å². The Balaban J connectivity index is 2.07. The number of nitrogens with zero attached hydrogens (tertiary/aromatic N) is 1. The number of hydrogen-bond acceptors (Lipinski definition) is 3. The van der Waals surface area contributed by atoms with Crippen molar-refractivity contribution >= 4 is 22.9 Å². The van der Waals surface area contributed by atoms with Crippen molar-refractivity contribution in [2.75, 3.05) is 5.32 Å². The predicted molar refractivity (Wildman–Crippen MR) is 83.3 cm³/mol. The summed E-state index contributed by atoms with van der Waals surface area (Å²) in [5.41, 5.74) is 9.29. The second-order valence-corrected chi connectivity index (χ2v) is 5.13. The second-order valence-electron chi connectivity index (χ2n) is 4.69. The Morgan fingerprint density at radius 3 is 2.45 bits per heavy atom. The Kier molecular flexibility index (Phi) is 4.29. The van der Waals surface area contributed by atoms with Crippen LogP contribution < -0.4 is 11.1 Å².